The highest BCUT2D eigenvalue weighted by Crippen LogP contribution is 2.28. The predicted molar refractivity (Wildman–Crippen MR) is 91.8 cm³/mol. The average Bonchev–Trinajstić information content (AvgIpc) is 2.83. The number of pyridine rings is 1. The van der Waals surface area contributed by atoms with Gasteiger partial charge in [-0.25, -0.2) is 9.13 Å². The molecule has 0 aliphatic heterocycles. The fraction of sp³-hybridized carbons (Fsp3) is 0.150. The quantitative estimate of drug-likeness (QED) is 0.465. The zero-order valence-corrected chi connectivity index (χ0v) is 13.2. The topological polar surface area (TPSA) is 8.81 Å². The van der Waals surface area contributed by atoms with Gasteiger partial charge in [-0.15, -0.1) is 0 Å². The van der Waals surface area contributed by atoms with Gasteiger partial charge in [-0.3, -0.25) is 0 Å². The Bertz CT molecular complexity index is 1010. The largest absolute Gasteiger partial charge is 0.289 e. The van der Waals surface area contributed by atoms with E-state index in [9.17, 15) is 0 Å². The van der Waals surface area contributed by atoms with Crippen LogP contribution in [-0.4, -0.2) is 4.57 Å². The molecule has 0 unspecified atom stereocenters. The van der Waals surface area contributed by atoms with E-state index < -0.39 is 0 Å². The minimum absolute atomic E-state index is 1.25. The Kier molecular flexibility index (Phi) is 2.80. The van der Waals surface area contributed by atoms with Gasteiger partial charge in [0.15, 0.2) is 0 Å². The zero-order valence-electron chi connectivity index (χ0n) is 13.2. The summed E-state index contributed by atoms with van der Waals surface area (Å²) >= 11 is 0. The van der Waals surface area contributed by atoms with Gasteiger partial charge in [0.1, 0.15) is 11.2 Å². The predicted octanol–water partition coefficient (Wildman–Crippen LogP) is 4.13. The van der Waals surface area contributed by atoms with Crippen LogP contribution in [0.3, 0.4) is 0 Å². The maximum Gasteiger partial charge on any atom is 0.289 e. The van der Waals surface area contributed by atoms with Crippen LogP contribution in [0.5, 0.6) is 0 Å². The lowest BCUT2D eigenvalue weighted by atomic mass is 10.0. The summed E-state index contributed by atoms with van der Waals surface area (Å²) in [5, 5.41) is 2.62. The lowest BCUT2D eigenvalue weighted by Crippen LogP contribution is -2.33. The monoisotopic (exact) mass is 287 g/mol. The molecule has 0 saturated carbocycles. The smallest absolute Gasteiger partial charge is 0.229 e. The first-order valence-corrected chi connectivity index (χ1v) is 7.60. The van der Waals surface area contributed by atoms with Crippen LogP contribution in [0.4, 0.5) is 0 Å². The summed E-state index contributed by atoms with van der Waals surface area (Å²) in [5.74, 6) is 0. The summed E-state index contributed by atoms with van der Waals surface area (Å²) < 4.78 is 4.59. The van der Waals surface area contributed by atoms with E-state index in [1.54, 1.807) is 0 Å². The minimum Gasteiger partial charge on any atom is -0.229 e. The highest BCUT2D eigenvalue weighted by molar-refractivity contribution is 6.05. The van der Waals surface area contributed by atoms with E-state index in [2.05, 4.69) is 90.8 Å². The normalized spacial score (nSPS) is 11.4. The average molecular weight is 287 g/mol. The third kappa shape index (κ3) is 1.70. The lowest BCUT2D eigenvalue weighted by Gasteiger charge is -2.08. The first-order valence-electron chi connectivity index (χ1n) is 7.60. The third-order valence-corrected chi connectivity index (χ3v) is 4.62. The molecule has 0 bridgehead atoms. The van der Waals surface area contributed by atoms with Crippen LogP contribution >= 0.6 is 0 Å². The third-order valence-electron chi connectivity index (χ3n) is 4.62. The van der Waals surface area contributed by atoms with E-state index in [4.69, 9.17) is 0 Å². The molecule has 2 aromatic carbocycles. The molecular formula is C20H19N2+. The van der Waals surface area contributed by atoms with Crippen molar-refractivity contribution in [2.45, 2.75) is 6.92 Å². The van der Waals surface area contributed by atoms with Crippen LogP contribution in [-0.2, 0) is 14.1 Å². The fourth-order valence-electron chi connectivity index (χ4n) is 3.50. The molecule has 0 radical (unpaired) electrons. The highest BCUT2D eigenvalue weighted by Gasteiger charge is 2.20. The molecule has 0 N–H and O–H groups in total. The Labute approximate surface area is 130 Å². The number of hydrogen-bond donors (Lipinski definition) is 0. The molecular weight excluding hydrogens is 268 g/mol. The van der Waals surface area contributed by atoms with Crippen molar-refractivity contribution in [2.24, 2.45) is 14.1 Å². The number of para-hydroxylation sites is 1. The van der Waals surface area contributed by atoms with E-state index in [-0.39, 0.29) is 0 Å². The molecule has 108 valence electrons. The molecule has 0 saturated heterocycles. The molecule has 4 rings (SSSR count). The Morgan fingerprint density at radius 1 is 0.818 bits per heavy atom. The number of rotatable bonds is 1. The van der Waals surface area contributed by atoms with Crippen LogP contribution in [0.1, 0.15) is 5.56 Å². The van der Waals surface area contributed by atoms with Crippen LogP contribution < -0.4 is 4.57 Å². The SMILES string of the molecule is Cc1ccccc1-c1ccc2c3ccccc3n(C)c2[n+]1C. The van der Waals surface area contributed by atoms with Gasteiger partial charge < -0.3 is 0 Å². The van der Waals surface area contributed by atoms with Gasteiger partial charge in [0.05, 0.1) is 19.5 Å². The second-order valence-corrected chi connectivity index (χ2v) is 5.91. The highest BCUT2D eigenvalue weighted by atomic mass is 15.1. The van der Waals surface area contributed by atoms with Crippen LogP contribution in [0, 0.1) is 6.92 Å². The van der Waals surface area contributed by atoms with Crippen molar-refractivity contribution >= 4 is 21.9 Å². The molecule has 0 spiro atoms. The molecule has 0 atom stereocenters. The van der Waals surface area contributed by atoms with Gasteiger partial charge in [-0.05, 0) is 36.8 Å². The van der Waals surface area contributed by atoms with Crippen molar-refractivity contribution in [3.8, 4) is 11.3 Å². The van der Waals surface area contributed by atoms with Gasteiger partial charge in [-0.2, -0.15) is 0 Å². The fourth-order valence-corrected chi connectivity index (χ4v) is 3.50. The number of benzene rings is 2. The Balaban J connectivity index is 2.13. The Morgan fingerprint density at radius 2 is 1.55 bits per heavy atom. The van der Waals surface area contributed by atoms with E-state index in [0.29, 0.717) is 0 Å². The molecule has 2 heteroatoms. The molecule has 2 aromatic heterocycles. The molecule has 2 nitrogen and oxygen atoms in total. The van der Waals surface area contributed by atoms with Gasteiger partial charge in [0.25, 0.3) is 5.65 Å². The van der Waals surface area contributed by atoms with Crippen molar-refractivity contribution in [2.75, 3.05) is 0 Å². The summed E-state index contributed by atoms with van der Waals surface area (Å²) in [5.41, 5.74) is 6.36. The van der Waals surface area contributed by atoms with Gasteiger partial charge >= 0.3 is 0 Å². The van der Waals surface area contributed by atoms with Crippen LogP contribution in [0.25, 0.3) is 33.2 Å². The van der Waals surface area contributed by atoms with E-state index in [0.717, 1.165) is 0 Å². The zero-order chi connectivity index (χ0) is 15.3. The number of fused-ring (bicyclic) bond motifs is 3. The lowest BCUT2D eigenvalue weighted by molar-refractivity contribution is -0.636. The second kappa shape index (κ2) is 4.70. The van der Waals surface area contributed by atoms with Gasteiger partial charge in [0, 0.05) is 10.9 Å². The van der Waals surface area contributed by atoms with Crippen LogP contribution in [0.15, 0.2) is 60.7 Å². The standard InChI is InChI=1S/C20H19N2/c1-14-8-4-5-9-15(14)19-13-12-17-16-10-6-7-11-18(16)21(2)20(17)22(19)3/h4-13H,1-3H3/q+1. The number of aromatic nitrogens is 2. The molecule has 4 aromatic rings. The molecule has 0 aliphatic rings. The molecule has 0 fully saturated rings. The van der Waals surface area contributed by atoms with Crippen molar-refractivity contribution < 1.29 is 4.57 Å². The van der Waals surface area contributed by atoms with Crippen molar-refractivity contribution in [1.29, 1.82) is 0 Å². The second-order valence-electron chi connectivity index (χ2n) is 5.91. The number of hydrogen-bond acceptors (Lipinski definition) is 0. The van der Waals surface area contributed by atoms with Crippen molar-refractivity contribution in [1.82, 2.24) is 4.57 Å². The van der Waals surface area contributed by atoms with E-state index in [1.165, 1.54) is 38.8 Å². The first kappa shape index (κ1) is 13.1. The first-order chi connectivity index (χ1) is 10.7. The molecule has 22 heavy (non-hydrogen) atoms. The summed E-state index contributed by atoms with van der Waals surface area (Å²) in [7, 11) is 4.30. The summed E-state index contributed by atoms with van der Waals surface area (Å²) in [6.45, 7) is 2.17. The summed E-state index contributed by atoms with van der Waals surface area (Å²) in [6, 6.07) is 21.6. The van der Waals surface area contributed by atoms with Crippen molar-refractivity contribution in [3.05, 3.63) is 66.2 Å². The maximum atomic E-state index is 2.30. The maximum absolute atomic E-state index is 2.30. The van der Waals surface area contributed by atoms with Crippen molar-refractivity contribution in [3.63, 3.8) is 0 Å². The Morgan fingerprint density at radius 3 is 2.36 bits per heavy atom. The number of aryl methyl sites for hydroxylation is 3. The summed E-state index contributed by atoms with van der Waals surface area (Å²) in [4.78, 5) is 0. The summed E-state index contributed by atoms with van der Waals surface area (Å²) in [6.07, 6.45) is 0. The van der Waals surface area contributed by atoms with Gasteiger partial charge in [0.2, 0.25) is 0 Å². The van der Waals surface area contributed by atoms with Crippen LogP contribution in [0.2, 0.25) is 0 Å². The molecule has 2 heterocycles. The Hall–Kier alpha value is -2.61. The molecule has 0 amide bonds. The molecule has 0 aliphatic carbocycles. The van der Waals surface area contributed by atoms with E-state index in [1.807, 2.05) is 0 Å². The van der Waals surface area contributed by atoms with Gasteiger partial charge in [-0.1, -0.05) is 36.4 Å². The minimum atomic E-state index is 1.25. The van der Waals surface area contributed by atoms with E-state index >= 15 is 0 Å². The number of nitrogens with zero attached hydrogens (tertiary/aromatic N) is 2.